The molecule has 0 bridgehead atoms. The summed E-state index contributed by atoms with van der Waals surface area (Å²) in [6, 6.07) is 4.46. The highest BCUT2D eigenvalue weighted by Crippen LogP contribution is 2.31. The van der Waals surface area contributed by atoms with Crippen LogP contribution in [0.15, 0.2) is 18.2 Å². The number of methoxy groups -OCH3 is 1. The fraction of sp³-hybridized carbons (Fsp3) is 0.455. The first kappa shape index (κ1) is 11.9. The molecule has 4 heteroatoms. The number of nitrogens with one attached hydrogen (secondary N) is 1. The minimum atomic E-state index is -2.83. The lowest BCUT2D eigenvalue weighted by molar-refractivity contribution is 0.0172. The highest BCUT2D eigenvalue weighted by molar-refractivity contribution is 5.39. The second-order valence-electron chi connectivity index (χ2n) is 3.45. The zero-order chi connectivity index (χ0) is 11.5. The van der Waals surface area contributed by atoms with Gasteiger partial charge in [-0.05, 0) is 13.1 Å². The summed E-state index contributed by atoms with van der Waals surface area (Å²) < 4.78 is 31.1. The number of hydrogen-bond acceptors (Lipinski definition) is 2. The average Bonchev–Trinajstić information content (AvgIpc) is 2.17. The van der Waals surface area contributed by atoms with Gasteiger partial charge in [0.2, 0.25) is 0 Å². The van der Waals surface area contributed by atoms with Gasteiger partial charge < -0.3 is 10.1 Å². The molecular formula is C11H15F2NO. The average molecular weight is 215 g/mol. The minimum Gasteiger partial charge on any atom is -0.496 e. The molecule has 0 atom stereocenters. The van der Waals surface area contributed by atoms with Crippen molar-refractivity contribution in [2.45, 2.75) is 19.4 Å². The first-order valence-corrected chi connectivity index (χ1v) is 4.69. The molecule has 0 unspecified atom stereocenters. The van der Waals surface area contributed by atoms with Gasteiger partial charge in [-0.3, -0.25) is 0 Å². The predicted molar refractivity (Wildman–Crippen MR) is 55.3 cm³/mol. The van der Waals surface area contributed by atoms with Gasteiger partial charge in [-0.15, -0.1) is 0 Å². The lowest BCUT2D eigenvalue weighted by atomic mass is 10.1. The maximum atomic E-state index is 13.0. The van der Waals surface area contributed by atoms with Gasteiger partial charge in [-0.25, -0.2) is 8.78 Å². The fourth-order valence-corrected chi connectivity index (χ4v) is 1.35. The van der Waals surface area contributed by atoms with Crippen molar-refractivity contribution in [1.82, 2.24) is 5.32 Å². The highest BCUT2D eigenvalue weighted by Gasteiger charge is 2.25. The first-order chi connectivity index (χ1) is 6.99. The maximum Gasteiger partial charge on any atom is 0.270 e. The van der Waals surface area contributed by atoms with Gasteiger partial charge in [0.15, 0.2) is 0 Å². The molecule has 0 radical (unpaired) electrons. The lowest BCUT2D eigenvalue weighted by Crippen LogP contribution is -2.10. The number of benzene rings is 1. The minimum absolute atomic E-state index is 0.0285. The third-order valence-corrected chi connectivity index (χ3v) is 2.16. The third kappa shape index (κ3) is 2.89. The summed E-state index contributed by atoms with van der Waals surface area (Å²) in [5.41, 5.74) is 0.840. The van der Waals surface area contributed by atoms with Crippen molar-refractivity contribution in [3.8, 4) is 5.75 Å². The Labute approximate surface area is 88.3 Å². The number of ether oxygens (including phenoxy) is 1. The molecule has 0 saturated heterocycles. The van der Waals surface area contributed by atoms with Crippen LogP contribution in [0.2, 0.25) is 0 Å². The Morgan fingerprint density at radius 1 is 1.40 bits per heavy atom. The molecule has 1 N–H and O–H groups in total. The van der Waals surface area contributed by atoms with E-state index in [0.717, 1.165) is 12.5 Å². The summed E-state index contributed by atoms with van der Waals surface area (Å²) in [5, 5.41) is 2.95. The standard InChI is InChI=1S/C11H15F2NO/c1-11(12,13)9-5-4-8(7-14-2)10(6-9)15-3/h4-6,14H,7H2,1-3H3. The summed E-state index contributed by atoms with van der Waals surface area (Å²) in [4.78, 5) is 0. The van der Waals surface area contributed by atoms with E-state index in [1.165, 1.54) is 19.2 Å². The Morgan fingerprint density at radius 3 is 2.53 bits per heavy atom. The zero-order valence-electron chi connectivity index (χ0n) is 9.10. The maximum absolute atomic E-state index is 13.0. The van der Waals surface area contributed by atoms with E-state index in [-0.39, 0.29) is 5.56 Å². The van der Waals surface area contributed by atoms with Crippen LogP contribution in [0.1, 0.15) is 18.1 Å². The van der Waals surface area contributed by atoms with Crippen molar-refractivity contribution < 1.29 is 13.5 Å². The second-order valence-corrected chi connectivity index (χ2v) is 3.45. The molecule has 0 aliphatic heterocycles. The van der Waals surface area contributed by atoms with Crippen molar-refractivity contribution in [1.29, 1.82) is 0 Å². The van der Waals surface area contributed by atoms with Gasteiger partial charge in [0.05, 0.1) is 7.11 Å². The smallest absolute Gasteiger partial charge is 0.270 e. The van der Waals surface area contributed by atoms with E-state index < -0.39 is 5.92 Å². The van der Waals surface area contributed by atoms with Crippen LogP contribution in [0.3, 0.4) is 0 Å². The van der Waals surface area contributed by atoms with Crippen molar-refractivity contribution in [3.63, 3.8) is 0 Å². The van der Waals surface area contributed by atoms with Gasteiger partial charge in [0.1, 0.15) is 5.75 Å². The normalized spacial score (nSPS) is 11.5. The Bertz CT molecular complexity index is 334. The van der Waals surface area contributed by atoms with Crippen molar-refractivity contribution in [2.75, 3.05) is 14.2 Å². The van der Waals surface area contributed by atoms with E-state index in [0.29, 0.717) is 12.3 Å². The van der Waals surface area contributed by atoms with Crippen LogP contribution in [0.4, 0.5) is 8.78 Å². The molecule has 0 amide bonds. The van der Waals surface area contributed by atoms with Gasteiger partial charge in [-0.1, -0.05) is 12.1 Å². The van der Waals surface area contributed by atoms with E-state index in [9.17, 15) is 8.78 Å². The van der Waals surface area contributed by atoms with E-state index in [2.05, 4.69) is 5.32 Å². The monoisotopic (exact) mass is 215 g/mol. The molecular weight excluding hydrogens is 200 g/mol. The summed E-state index contributed by atoms with van der Waals surface area (Å²) in [6.45, 7) is 1.47. The molecule has 1 aromatic carbocycles. The van der Waals surface area contributed by atoms with E-state index in [1.54, 1.807) is 13.1 Å². The highest BCUT2D eigenvalue weighted by atomic mass is 19.3. The summed E-state index contributed by atoms with van der Waals surface area (Å²) in [6.07, 6.45) is 0. The molecule has 0 aromatic heterocycles. The van der Waals surface area contributed by atoms with Gasteiger partial charge in [0, 0.05) is 24.6 Å². The largest absolute Gasteiger partial charge is 0.496 e. The molecule has 1 rings (SSSR count). The fourth-order valence-electron chi connectivity index (χ4n) is 1.35. The van der Waals surface area contributed by atoms with E-state index >= 15 is 0 Å². The number of halogens is 2. The molecule has 0 fully saturated rings. The second kappa shape index (κ2) is 4.57. The van der Waals surface area contributed by atoms with Crippen LogP contribution < -0.4 is 10.1 Å². The predicted octanol–water partition coefficient (Wildman–Crippen LogP) is 2.53. The van der Waals surface area contributed by atoms with Crippen LogP contribution in [0.25, 0.3) is 0 Å². The molecule has 0 aliphatic rings. The lowest BCUT2D eigenvalue weighted by Gasteiger charge is -2.14. The quantitative estimate of drug-likeness (QED) is 0.833. The molecule has 15 heavy (non-hydrogen) atoms. The molecule has 1 aromatic rings. The zero-order valence-corrected chi connectivity index (χ0v) is 9.10. The summed E-state index contributed by atoms with van der Waals surface area (Å²) >= 11 is 0. The summed E-state index contributed by atoms with van der Waals surface area (Å²) in [7, 11) is 3.27. The van der Waals surface area contributed by atoms with Gasteiger partial charge >= 0.3 is 0 Å². The number of hydrogen-bond donors (Lipinski definition) is 1. The SMILES string of the molecule is CNCc1ccc(C(C)(F)F)cc1OC. The van der Waals surface area contributed by atoms with Crippen molar-refractivity contribution in [2.24, 2.45) is 0 Å². The van der Waals surface area contributed by atoms with Crippen LogP contribution in [0, 0.1) is 0 Å². The molecule has 0 saturated carbocycles. The molecule has 0 spiro atoms. The van der Waals surface area contributed by atoms with Crippen molar-refractivity contribution >= 4 is 0 Å². The van der Waals surface area contributed by atoms with Gasteiger partial charge in [-0.2, -0.15) is 0 Å². The molecule has 84 valence electrons. The van der Waals surface area contributed by atoms with Crippen LogP contribution in [-0.4, -0.2) is 14.2 Å². The number of alkyl halides is 2. The Kier molecular flexibility index (Phi) is 3.63. The Morgan fingerprint density at radius 2 is 2.07 bits per heavy atom. The molecule has 0 aliphatic carbocycles. The number of rotatable bonds is 4. The first-order valence-electron chi connectivity index (χ1n) is 4.69. The van der Waals surface area contributed by atoms with E-state index in [1.807, 2.05) is 0 Å². The van der Waals surface area contributed by atoms with Crippen LogP contribution in [0.5, 0.6) is 5.75 Å². The Balaban J connectivity index is 3.08. The van der Waals surface area contributed by atoms with Gasteiger partial charge in [0.25, 0.3) is 5.92 Å². The van der Waals surface area contributed by atoms with E-state index in [4.69, 9.17) is 4.74 Å². The van der Waals surface area contributed by atoms with Crippen molar-refractivity contribution in [3.05, 3.63) is 29.3 Å². The summed E-state index contributed by atoms with van der Waals surface area (Å²) in [5.74, 6) is -2.34. The van der Waals surface area contributed by atoms with Crippen LogP contribution in [-0.2, 0) is 12.5 Å². The van der Waals surface area contributed by atoms with Crippen LogP contribution >= 0.6 is 0 Å². The Hall–Kier alpha value is -1.16. The topological polar surface area (TPSA) is 21.3 Å². The third-order valence-electron chi connectivity index (χ3n) is 2.16. The molecule has 0 heterocycles. The molecule has 2 nitrogen and oxygen atoms in total.